The van der Waals surface area contributed by atoms with Crippen LogP contribution in [0.3, 0.4) is 0 Å². The first-order valence-electron chi connectivity index (χ1n) is 7.90. The maximum absolute atomic E-state index is 12.9. The maximum Gasteiger partial charge on any atom is 0.265 e. The number of hydrogen-bond acceptors (Lipinski definition) is 4. The molecule has 0 amide bonds. The van der Waals surface area contributed by atoms with Gasteiger partial charge in [-0.3, -0.25) is 4.72 Å². The Bertz CT molecular complexity index is 847. The molecule has 0 saturated carbocycles. The predicted molar refractivity (Wildman–Crippen MR) is 98.7 cm³/mol. The van der Waals surface area contributed by atoms with E-state index in [4.69, 9.17) is 4.74 Å². The van der Waals surface area contributed by atoms with Crippen LogP contribution in [0, 0.1) is 0 Å². The molecule has 0 aliphatic heterocycles. The van der Waals surface area contributed by atoms with Crippen LogP contribution in [-0.4, -0.2) is 21.8 Å². The molecule has 1 aliphatic rings. The molecule has 6 heteroatoms. The average Bonchev–Trinajstić information content (AvgIpc) is 2.60. The molecular formula is C18H21NO3S2. The summed E-state index contributed by atoms with van der Waals surface area (Å²) in [6.07, 6.45) is 6.10. The van der Waals surface area contributed by atoms with E-state index in [1.165, 1.54) is 12.7 Å². The fraction of sp³-hybridized carbons (Fsp3) is 0.333. The second-order valence-corrected chi connectivity index (χ2v) is 8.35. The first-order chi connectivity index (χ1) is 11.5. The molecule has 2 aromatic carbocycles. The standard InChI is InChI=1S/C18H21NO3S2/c1-22-17-10-13-6-3-4-7-14(13)11-18(17)24(20,21)19-15-8-5-9-16(12-15)23-2/h5,8-12,19H,3-4,6-7H2,1-2H3. The maximum atomic E-state index is 12.9. The lowest BCUT2D eigenvalue weighted by atomic mass is 9.92. The Morgan fingerprint density at radius 2 is 1.79 bits per heavy atom. The summed E-state index contributed by atoms with van der Waals surface area (Å²) in [5.41, 5.74) is 2.86. The minimum absolute atomic E-state index is 0.209. The highest BCUT2D eigenvalue weighted by Gasteiger charge is 2.23. The molecule has 0 heterocycles. The Hall–Kier alpha value is -1.66. The molecule has 0 spiro atoms. The number of thioether (sulfide) groups is 1. The zero-order chi connectivity index (χ0) is 17.2. The third kappa shape index (κ3) is 3.54. The molecule has 0 unspecified atom stereocenters. The van der Waals surface area contributed by atoms with E-state index in [2.05, 4.69) is 4.72 Å². The smallest absolute Gasteiger partial charge is 0.265 e. The first-order valence-corrected chi connectivity index (χ1v) is 10.6. The van der Waals surface area contributed by atoms with Crippen molar-refractivity contribution in [1.82, 2.24) is 0 Å². The van der Waals surface area contributed by atoms with Crippen LogP contribution in [-0.2, 0) is 22.9 Å². The topological polar surface area (TPSA) is 55.4 Å². The zero-order valence-electron chi connectivity index (χ0n) is 13.8. The predicted octanol–water partition coefficient (Wildman–Crippen LogP) is 4.10. The Labute approximate surface area is 147 Å². The van der Waals surface area contributed by atoms with Crippen molar-refractivity contribution in [2.24, 2.45) is 0 Å². The Kier molecular flexibility index (Phi) is 5.06. The van der Waals surface area contributed by atoms with E-state index >= 15 is 0 Å². The van der Waals surface area contributed by atoms with Crippen LogP contribution in [0.25, 0.3) is 0 Å². The van der Waals surface area contributed by atoms with Crippen molar-refractivity contribution in [3.63, 3.8) is 0 Å². The van der Waals surface area contributed by atoms with Gasteiger partial charge in [-0.05, 0) is 73.4 Å². The zero-order valence-corrected chi connectivity index (χ0v) is 15.5. The number of ether oxygens (including phenoxy) is 1. The van der Waals surface area contributed by atoms with E-state index in [1.807, 2.05) is 30.5 Å². The van der Waals surface area contributed by atoms with Gasteiger partial charge in [-0.25, -0.2) is 8.42 Å². The summed E-state index contributed by atoms with van der Waals surface area (Å²) in [4.78, 5) is 1.22. The van der Waals surface area contributed by atoms with Crippen LogP contribution in [0.2, 0.25) is 0 Å². The molecule has 2 aromatic rings. The van der Waals surface area contributed by atoms with Crippen molar-refractivity contribution in [1.29, 1.82) is 0 Å². The summed E-state index contributed by atoms with van der Waals surface area (Å²) in [6.45, 7) is 0. The Balaban J connectivity index is 1.99. The molecule has 0 aromatic heterocycles. The largest absolute Gasteiger partial charge is 0.495 e. The van der Waals surface area contributed by atoms with Crippen molar-refractivity contribution >= 4 is 27.5 Å². The summed E-state index contributed by atoms with van der Waals surface area (Å²) in [5.74, 6) is 0.407. The second kappa shape index (κ2) is 7.07. The summed E-state index contributed by atoms with van der Waals surface area (Å²) < 4.78 is 33.8. The van der Waals surface area contributed by atoms with Crippen LogP contribution in [0.1, 0.15) is 24.0 Å². The molecule has 0 saturated heterocycles. The van der Waals surface area contributed by atoms with Crippen molar-refractivity contribution in [2.45, 2.75) is 35.5 Å². The van der Waals surface area contributed by atoms with Gasteiger partial charge >= 0.3 is 0 Å². The number of nitrogens with one attached hydrogen (secondary N) is 1. The van der Waals surface area contributed by atoms with Gasteiger partial charge in [0.15, 0.2) is 0 Å². The quantitative estimate of drug-likeness (QED) is 0.813. The lowest BCUT2D eigenvalue weighted by Gasteiger charge is -2.19. The van der Waals surface area contributed by atoms with Gasteiger partial charge in [0.05, 0.1) is 7.11 Å². The fourth-order valence-corrected chi connectivity index (χ4v) is 4.72. The van der Waals surface area contributed by atoms with Crippen molar-refractivity contribution in [3.05, 3.63) is 47.5 Å². The van der Waals surface area contributed by atoms with Gasteiger partial charge in [-0.15, -0.1) is 11.8 Å². The molecule has 128 valence electrons. The highest BCUT2D eigenvalue weighted by Crippen LogP contribution is 2.33. The van der Waals surface area contributed by atoms with Gasteiger partial charge in [-0.2, -0.15) is 0 Å². The van der Waals surface area contributed by atoms with E-state index in [9.17, 15) is 8.42 Å². The number of aryl methyl sites for hydroxylation is 2. The molecule has 1 N–H and O–H groups in total. The normalized spacial score (nSPS) is 14.1. The van der Waals surface area contributed by atoms with Crippen LogP contribution >= 0.6 is 11.8 Å². The summed E-state index contributed by atoms with van der Waals surface area (Å²) in [5, 5.41) is 0. The van der Waals surface area contributed by atoms with Gasteiger partial charge in [0.2, 0.25) is 0 Å². The number of methoxy groups -OCH3 is 1. The lowest BCUT2D eigenvalue weighted by Crippen LogP contribution is -2.16. The lowest BCUT2D eigenvalue weighted by molar-refractivity contribution is 0.401. The van der Waals surface area contributed by atoms with Crippen molar-refractivity contribution in [2.75, 3.05) is 18.1 Å². The van der Waals surface area contributed by atoms with E-state index in [-0.39, 0.29) is 4.90 Å². The van der Waals surface area contributed by atoms with E-state index in [0.717, 1.165) is 36.1 Å². The third-order valence-corrected chi connectivity index (χ3v) is 6.37. The van der Waals surface area contributed by atoms with Crippen LogP contribution in [0.5, 0.6) is 5.75 Å². The highest BCUT2D eigenvalue weighted by molar-refractivity contribution is 7.98. The fourth-order valence-electron chi connectivity index (χ4n) is 3.01. The van der Waals surface area contributed by atoms with Gasteiger partial charge in [0, 0.05) is 10.6 Å². The second-order valence-electron chi connectivity index (χ2n) is 5.82. The minimum Gasteiger partial charge on any atom is -0.495 e. The van der Waals surface area contributed by atoms with E-state index < -0.39 is 10.0 Å². The van der Waals surface area contributed by atoms with E-state index in [0.29, 0.717) is 11.4 Å². The molecular weight excluding hydrogens is 342 g/mol. The van der Waals surface area contributed by atoms with Gasteiger partial charge < -0.3 is 4.74 Å². The Morgan fingerprint density at radius 1 is 1.08 bits per heavy atom. The molecule has 4 nitrogen and oxygen atoms in total. The number of fused-ring (bicyclic) bond motifs is 1. The number of hydrogen-bond donors (Lipinski definition) is 1. The number of benzene rings is 2. The Morgan fingerprint density at radius 3 is 2.46 bits per heavy atom. The first kappa shape index (κ1) is 17.2. The van der Waals surface area contributed by atoms with Gasteiger partial charge in [0.1, 0.15) is 10.6 Å². The SMILES string of the molecule is COc1cc2c(cc1S(=O)(=O)Nc1cccc(SC)c1)CCCC2. The summed E-state index contributed by atoms with van der Waals surface area (Å²) in [7, 11) is -2.19. The van der Waals surface area contributed by atoms with Gasteiger partial charge in [-0.1, -0.05) is 6.07 Å². The molecule has 0 bridgehead atoms. The summed E-state index contributed by atoms with van der Waals surface area (Å²) >= 11 is 1.57. The minimum atomic E-state index is -3.70. The molecule has 3 rings (SSSR count). The van der Waals surface area contributed by atoms with Gasteiger partial charge in [0.25, 0.3) is 10.0 Å². The molecule has 1 aliphatic carbocycles. The average molecular weight is 364 g/mol. The monoisotopic (exact) mass is 363 g/mol. The van der Waals surface area contributed by atoms with E-state index in [1.54, 1.807) is 23.9 Å². The van der Waals surface area contributed by atoms with Crippen molar-refractivity contribution < 1.29 is 13.2 Å². The van der Waals surface area contributed by atoms with Crippen molar-refractivity contribution in [3.8, 4) is 5.75 Å². The summed E-state index contributed by atoms with van der Waals surface area (Å²) in [6, 6.07) is 11.0. The number of anilines is 1. The third-order valence-electron chi connectivity index (χ3n) is 4.24. The van der Waals surface area contributed by atoms with Crippen LogP contribution in [0.15, 0.2) is 46.2 Å². The molecule has 0 fully saturated rings. The van der Waals surface area contributed by atoms with Crippen LogP contribution in [0.4, 0.5) is 5.69 Å². The number of sulfonamides is 1. The molecule has 24 heavy (non-hydrogen) atoms. The number of rotatable bonds is 5. The highest BCUT2D eigenvalue weighted by atomic mass is 32.2. The molecule has 0 atom stereocenters. The molecule has 0 radical (unpaired) electrons. The van der Waals surface area contributed by atoms with Crippen LogP contribution < -0.4 is 9.46 Å².